The number of anilines is 3. The average molecular weight is 528 g/mol. The number of rotatable bonds is 5. The molecule has 0 fully saturated rings. The molecular formula is C21H14F6N6O4. The van der Waals surface area contributed by atoms with Crippen LogP contribution >= 0.6 is 0 Å². The number of fused-ring (bicyclic) bond motifs is 1. The normalized spacial score (nSPS) is 11.0. The number of carbonyl (C=O) groups excluding carboxylic acids is 1. The molecule has 0 aliphatic carbocycles. The Morgan fingerprint density at radius 2 is 1.76 bits per heavy atom. The third-order valence-corrected chi connectivity index (χ3v) is 4.37. The zero-order chi connectivity index (χ0) is 27.3. The fraction of sp³-hybridized carbons (Fsp3) is 0.0952. The number of carboxylic acid groups (broad SMARTS) is 1. The van der Waals surface area contributed by atoms with Gasteiger partial charge >= 0.3 is 12.1 Å². The smallest absolute Gasteiger partial charge is 0.490 e. The molecule has 2 aromatic heterocycles. The topological polar surface area (TPSA) is 142 Å². The van der Waals surface area contributed by atoms with Gasteiger partial charge in [0.15, 0.2) is 23.2 Å². The van der Waals surface area contributed by atoms with Crippen LogP contribution in [-0.4, -0.2) is 48.0 Å². The predicted molar refractivity (Wildman–Crippen MR) is 115 cm³/mol. The Morgan fingerprint density at radius 1 is 1.05 bits per heavy atom. The molecule has 4 aromatic rings. The number of aliphatic carboxylic acids is 1. The van der Waals surface area contributed by atoms with E-state index in [1.54, 1.807) is 0 Å². The number of aromatic hydroxyl groups is 1. The van der Waals surface area contributed by atoms with Crippen LogP contribution in [0.2, 0.25) is 0 Å². The monoisotopic (exact) mass is 528 g/mol. The van der Waals surface area contributed by atoms with E-state index in [9.17, 15) is 36.2 Å². The fourth-order valence-corrected chi connectivity index (χ4v) is 2.75. The van der Waals surface area contributed by atoms with Crippen molar-refractivity contribution in [3.8, 4) is 5.75 Å². The Balaban J connectivity index is 0.000000479. The molecule has 0 aliphatic heterocycles. The molecular weight excluding hydrogens is 514 g/mol. The Bertz CT molecular complexity index is 1460. The molecule has 194 valence electrons. The average Bonchev–Trinajstić information content (AvgIpc) is 3.24. The maximum absolute atomic E-state index is 13.7. The molecule has 37 heavy (non-hydrogen) atoms. The number of phenols is 1. The second kappa shape index (κ2) is 10.8. The van der Waals surface area contributed by atoms with E-state index in [1.165, 1.54) is 41.6 Å². The van der Waals surface area contributed by atoms with Crippen LogP contribution in [0.3, 0.4) is 0 Å². The van der Waals surface area contributed by atoms with Crippen molar-refractivity contribution in [2.45, 2.75) is 12.7 Å². The molecule has 4 N–H and O–H groups in total. The maximum atomic E-state index is 13.7. The number of carboxylic acids is 1. The number of halogens is 6. The lowest BCUT2D eigenvalue weighted by molar-refractivity contribution is -0.192. The molecule has 0 saturated carbocycles. The summed E-state index contributed by atoms with van der Waals surface area (Å²) < 4.78 is 73.6. The summed E-state index contributed by atoms with van der Waals surface area (Å²) in [4.78, 5) is 29.0. The number of nitrogens with one attached hydrogen (secondary N) is 2. The van der Waals surface area contributed by atoms with E-state index in [1.807, 2.05) is 0 Å². The van der Waals surface area contributed by atoms with Gasteiger partial charge in [0.05, 0.1) is 23.1 Å². The number of hydrogen-bond donors (Lipinski definition) is 4. The first-order valence-electron chi connectivity index (χ1n) is 9.82. The van der Waals surface area contributed by atoms with Crippen molar-refractivity contribution < 1.29 is 46.1 Å². The Hall–Kier alpha value is -4.89. The van der Waals surface area contributed by atoms with Gasteiger partial charge in [-0.15, -0.1) is 0 Å². The van der Waals surface area contributed by atoms with Crippen LogP contribution in [0.15, 0.2) is 49.1 Å². The first kappa shape index (κ1) is 26.7. The third kappa shape index (κ3) is 6.83. The van der Waals surface area contributed by atoms with E-state index < -0.39 is 41.3 Å². The lowest BCUT2D eigenvalue weighted by atomic mass is 10.2. The summed E-state index contributed by atoms with van der Waals surface area (Å²) in [6.07, 6.45) is -0.958. The van der Waals surface area contributed by atoms with Crippen molar-refractivity contribution in [1.82, 2.24) is 19.7 Å². The first-order chi connectivity index (χ1) is 17.3. The summed E-state index contributed by atoms with van der Waals surface area (Å²) in [5.74, 6) is -6.67. The maximum Gasteiger partial charge on any atom is 0.490 e. The summed E-state index contributed by atoms with van der Waals surface area (Å²) in [5, 5.41) is 26.1. The molecule has 0 radical (unpaired) electrons. The van der Waals surface area contributed by atoms with Crippen LogP contribution in [-0.2, 0) is 16.1 Å². The minimum atomic E-state index is -5.08. The number of amides is 1. The van der Waals surface area contributed by atoms with Crippen LogP contribution in [0.5, 0.6) is 5.75 Å². The van der Waals surface area contributed by atoms with E-state index in [-0.39, 0.29) is 18.1 Å². The van der Waals surface area contributed by atoms with Crippen molar-refractivity contribution in [2.24, 2.45) is 0 Å². The minimum absolute atomic E-state index is 0.259. The van der Waals surface area contributed by atoms with Gasteiger partial charge in [0.2, 0.25) is 5.91 Å². The highest BCUT2D eigenvalue weighted by Crippen LogP contribution is 2.28. The first-order valence-corrected chi connectivity index (χ1v) is 9.82. The number of nitrogens with zero attached hydrogens (tertiary/aromatic N) is 4. The Labute approximate surface area is 202 Å². The number of phenolic OH excluding ortho intramolecular Hbond substituents is 1. The van der Waals surface area contributed by atoms with Gasteiger partial charge in [-0.05, 0) is 18.2 Å². The lowest BCUT2D eigenvalue weighted by Gasteiger charge is -2.07. The summed E-state index contributed by atoms with van der Waals surface area (Å²) in [6, 6.07) is 5.73. The molecule has 10 nitrogen and oxygen atoms in total. The van der Waals surface area contributed by atoms with E-state index in [2.05, 4.69) is 25.7 Å². The molecule has 0 atom stereocenters. The van der Waals surface area contributed by atoms with Gasteiger partial charge in [-0.2, -0.15) is 18.3 Å². The van der Waals surface area contributed by atoms with E-state index in [0.29, 0.717) is 16.6 Å². The number of benzene rings is 2. The highest BCUT2D eigenvalue weighted by molar-refractivity contribution is 5.92. The van der Waals surface area contributed by atoms with Gasteiger partial charge in [-0.1, -0.05) is 6.07 Å². The number of hydrogen-bond acceptors (Lipinski definition) is 7. The molecule has 0 aliphatic rings. The van der Waals surface area contributed by atoms with E-state index in [0.717, 1.165) is 12.1 Å². The predicted octanol–water partition coefficient (Wildman–Crippen LogP) is 3.96. The van der Waals surface area contributed by atoms with Crippen molar-refractivity contribution >= 4 is 40.0 Å². The van der Waals surface area contributed by atoms with Gasteiger partial charge < -0.3 is 20.8 Å². The number of carbonyl (C=O) groups is 2. The molecule has 0 bridgehead atoms. The molecule has 2 aromatic carbocycles. The summed E-state index contributed by atoms with van der Waals surface area (Å²) in [5.41, 5.74) is 0.492. The van der Waals surface area contributed by atoms with Crippen molar-refractivity contribution in [1.29, 1.82) is 0 Å². The second-order valence-electron chi connectivity index (χ2n) is 7.05. The zero-order valence-electron chi connectivity index (χ0n) is 18.1. The van der Waals surface area contributed by atoms with E-state index >= 15 is 0 Å². The molecule has 0 spiro atoms. The minimum Gasteiger partial charge on any atom is -0.505 e. The van der Waals surface area contributed by atoms with Crippen LogP contribution in [0, 0.1) is 17.5 Å². The molecule has 1 amide bonds. The van der Waals surface area contributed by atoms with E-state index in [4.69, 9.17) is 9.90 Å². The van der Waals surface area contributed by atoms with Crippen molar-refractivity contribution in [3.05, 3.63) is 66.5 Å². The zero-order valence-corrected chi connectivity index (χ0v) is 18.1. The quantitative estimate of drug-likeness (QED) is 0.285. The standard InChI is InChI=1S/C19H13F3N6O2.C2HF3O2/c20-12-2-1-3-14(18(12)22)27-17(30)8-28-7-10(6-25-28)26-19-11-4-13(21)16(29)5-15(11)23-9-24-19;3-2(4,5)1(6)7/h1-7,9,29H,8H2,(H,27,30)(H,23,24,26);(H,6,7). The molecule has 0 unspecified atom stereocenters. The molecule has 0 saturated heterocycles. The SMILES string of the molecule is O=C(Cn1cc(Nc2ncnc3cc(O)c(F)cc23)cn1)Nc1cccc(F)c1F.O=C(O)C(F)(F)F. The summed E-state index contributed by atoms with van der Waals surface area (Å²) in [7, 11) is 0. The van der Waals surface area contributed by atoms with Crippen LogP contribution < -0.4 is 10.6 Å². The fourth-order valence-electron chi connectivity index (χ4n) is 2.75. The van der Waals surface area contributed by atoms with Gasteiger partial charge in [-0.3, -0.25) is 9.48 Å². The Morgan fingerprint density at radius 3 is 2.43 bits per heavy atom. The number of alkyl halides is 3. The second-order valence-corrected chi connectivity index (χ2v) is 7.05. The van der Waals surface area contributed by atoms with Gasteiger partial charge in [0.25, 0.3) is 0 Å². The summed E-state index contributed by atoms with van der Waals surface area (Å²) >= 11 is 0. The third-order valence-electron chi connectivity index (χ3n) is 4.37. The van der Waals surface area contributed by atoms with Crippen LogP contribution in [0.1, 0.15) is 0 Å². The van der Waals surface area contributed by atoms with Crippen LogP contribution in [0.4, 0.5) is 43.5 Å². The largest absolute Gasteiger partial charge is 0.505 e. The molecule has 16 heteroatoms. The van der Waals surface area contributed by atoms with Crippen LogP contribution in [0.25, 0.3) is 10.9 Å². The lowest BCUT2D eigenvalue weighted by Crippen LogP contribution is -2.21. The van der Waals surface area contributed by atoms with Gasteiger partial charge in [0.1, 0.15) is 18.7 Å². The van der Waals surface area contributed by atoms with Gasteiger partial charge in [-0.25, -0.2) is 27.9 Å². The highest BCUT2D eigenvalue weighted by atomic mass is 19.4. The van der Waals surface area contributed by atoms with Crippen molar-refractivity contribution in [2.75, 3.05) is 10.6 Å². The van der Waals surface area contributed by atoms with Crippen molar-refractivity contribution in [3.63, 3.8) is 0 Å². The molecule has 2 heterocycles. The highest BCUT2D eigenvalue weighted by Gasteiger charge is 2.38. The van der Waals surface area contributed by atoms with Gasteiger partial charge in [0, 0.05) is 17.6 Å². The summed E-state index contributed by atoms with van der Waals surface area (Å²) in [6.45, 7) is -0.259. The Kier molecular flexibility index (Phi) is 7.79. The molecule has 4 rings (SSSR count). The number of aromatic nitrogens is 4.